The molecule has 1 atom stereocenters. The molecule has 0 unspecified atom stereocenters. The summed E-state index contributed by atoms with van der Waals surface area (Å²) in [6.07, 6.45) is 2.10. The van der Waals surface area contributed by atoms with Crippen molar-refractivity contribution in [1.82, 2.24) is 9.80 Å². The minimum atomic E-state index is -0.137. The second-order valence-electron chi connectivity index (χ2n) is 7.18. The van der Waals surface area contributed by atoms with Crippen LogP contribution in [0.25, 0.3) is 0 Å². The standard InChI is InChI=1S/C18H26N2O3/c1-7-16(21)20-9-8-13(11-20)19(6)17(22)14-10-15(18(3,4)5)23-12(14)2/h7,10,13H,1,8-9,11H2,2-6H3/t13-/m0/s1. The van der Waals surface area contributed by atoms with Gasteiger partial charge in [-0.1, -0.05) is 27.4 Å². The predicted molar refractivity (Wildman–Crippen MR) is 89.4 cm³/mol. The Hall–Kier alpha value is -2.04. The zero-order valence-corrected chi connectivity index (χ0v) is 14.7. The van der Waals surface area contributed by atoms with Crippen LogP contribution < -0.4 is 0 Å². The molecule has 5 nitrogen and oxygen atoms in total. The molecule has 126 valence electrons. The smallest absolute Gasteiger partial charge is 0.257 e. The molecule has 0 aromatic carbocycles. The van der Waals surface area contributed by atoms with Crippen LogP contribution in [0.4, 0.5) is 0 Å². The number of likely N-dealkylation sites (tertiary alicyclic amines) is 1. The second kappa shape index (κ2) is 6.22. The number of likely N-dealkylation sites (N-methyl/N-ethyl adjacent to an activating group) is 1. The van der Waals surface area contributed by atoms with Crippen LogP contribution in [0.3, 0.4) is 0 Å². The zero-order chi connectivity index (χ0) is 17.4. The third-order valence-electron chi connectivity index (χ3n) is 4.41. The summed E-state index contributed by atoms with van der Waals surface area (Å²) < 4.78 is 5.76. The van der Waals surface area contributed by atoms with Crippen LogP contribution in [-0.4, -0.2) is 47.8 Å². The highest BCUT2D eigenvalue weighted by molar-refractivity contribution is 5.95. The molecule has 5 heteroatoms. The Kier molecular flexibility index (Phi) is 4.68. The molecule has 2 heterocycles. The van der Waals surface area contributed by atoms with Gasteiger partial charge in [0.15, 0.2) is 0 Å². The molecular formula is C18H26N2O3. The number of aryl methyl sites for hydroxylation is 1. The van der Waals surface area contributed by atoms with Gasteiger partial charge < -0.3 is 14.2 Å². The van der Waals surface area contributed by atoms with Gasteiger partial charge >= 0.3 is 0 Å². The van der Waals surface area contributed by atoms with Gasteiger partial charge in [-0.05, 0) is 25.5 Å². The fourth-order valence-electron chi connectivity index (χ4n) is 2.81. The molecular weight excluding hydrogens is 292 g/mol. The Morgan fingerprint density at radius 3 is 2.61 bits per heavy atom. The van der Waals surface area contributed by atoms with Crippen molar-refractivity contribution in [3.05, 3.63) is 35.8 Å². The highest BCUT2D eigenvalue weighted by Gasteiger charge is 2.32. The van der Waals surface area contributed by atoms with Gasteiger partial charge in [0.25, 0.3) is 5.91 Å². The third-order valence-corrected chi connectivity index (χ3v) is 4.41. The van der Waals surface area contributed by atoms with E-state index in [1.807, 2.05) is 13.0 Å². The van der Waals surface area contributed by atoms with Gasteiger partial charge in [0, 0.05) is 25.6 Å². The lowest BCUT2D eigenvalue weighted by Gasteiger charge is -2.24. The molecule has 1 fully saturated rings. The molecule has 1 aliphatic rings. The molecule has 1 saturated heterocycles. The Bertz CT molecular complexity index is 625. The lowest BCUT2D eigenvalue weighted by molar-refractivity contribution is -0.125. The maximum atomic E-state index is 12.8. The van der Waals surface area contributed by atoms with Crippen molar-refractivity contribution in [2.24, 2.45) is 0 Å². The predicted octanol–water partition coefficient (Wildman–Crippen LogP) is 2.74. The van der Waals surface area contributed by atoms with Crippen LogP contribution in [-0.2, 0) is 10.2 Å². The molecule has 0 radical (unpaired) electrons. The van der Waals surface area contributed by atoms with E-state index >= 15 is 0 Å². The molecule has 0 aliphatic carbocycles. The summed E-state index contributed by atoms with van der Waals surface area (Å²) in [5.41, 5.74) is 0.466. The normalized spacial score (nSPS) is 18.1. The second-order valence-corrected chi connectivity index (χ2v) is 7.18. The Balaban J connectivity index is 2.13. The fourth-order valence-corrected chi connectivity index (χ4v) is 2.81. The summed E-state index contributed by atoms with van der Waals surface area (Å²) in [5.74, 6) is 1.31. The van der Waals surface area contributed by atoms with Gasteiger partial charge in [0.1, 0.15) is 11.5 Å². The van der Waals surface area contributed by atoms with E-state index in [1.165, 1.54) is 6.08 Å². The number of nitrogens with zero attached hydrogens (tertiary/aromatic N) is 2. The van der Waals surface area contributed by atoms with Gasteiger partial charge in [0.05, 0.1) is 11.6 Å². The van der Waals surface area contributed by atoms with E-state index in [4.69, 9.17) is 4.42 Å². The van der Waals surface area contributed by atoms with E-state index in [1.54, 1.807) is 16.8 Å². The lowest BCUT2D eigenvalue weighted by atomic mass is 9.93. The average Bonchev–Trinajstić information content (AvgIpc) is 3.11. The molecule has 0 saturated carbocycles. The van der Waals surface area contributed by atoms with Gasteiger partial charge in [-0.25, -0.2) is 0 Å². The first-order chi connectivity index (χ1) is 10.6. The molecule has 0 N–H and O–H groups in total. The van der Waals surface area contributed by atoms with E-state index < -0.39 is 0 Å². The lowest BCUT2D eigenvalue weighted by Crippen LogP contribution is -2.39. The number of carbonyl (C=O) groups is 2. The summed E-state index contributed by atoms with van der Waals surface area (Å²) in [7, 11) is 1.79. The van der Waals surface area contributed by atoms with Crippen molar-refractivity contribution < 1.29 is 14.0 Å². The topological polar surface area (TPSA) is 53.8 Å². The van der Waals surface area contributed by atoms with Crippen molar-refractivity contribution in [2.45, 2.75) is 45.6 Å². The minimum absolute atomic E-state index is 0.0267. The Labute approximate surface area is 137 Å². The van der Waals surface area contributed by atoms with Crippen LogP contribution in [0.5, 0.6) is 0 Å². The number of hydrogen-bond donors (Lipinski definition) is 0. The third kappa shape index (κ3) is 3.49. The maximum Gasteiger partial charge on any atom is 0.257 e. The van der Waals surface area contributed by atoms with E-state index in [9.17, 15) is 9.59 Å². The van der Waals surface area contributed by atoms with Crippen molar-refractivity contribution in [3.8, 4) is 0 Å². The fraction of sp³-hybridized carbons (Fsp3) is 0.556. The van der Waals surface area contributed by atoms with Crippen LogP contribution in [0.2, 0.25) is 0 Å². The largest absolute Gasteiger partial charge is 0.465 e. The van der Waals surface area contributed by atoms with Gasteiger partial charge in [0.2, 0.25) is 5.91 Å². The van der Waals surface area contributed by atoms with Crippen molar-refractivity contribution in [1.29, 1.82) is 0 Å². The summed E-state index contributed by atoms with van der Waals surface area (Å²) in [5, 5.41) is 0. The summed E-state index contributed by atoms with van der Waals surface area (Å²) in [6.45, 7) is 12.7. The van der Waals surface area contributed by atoms with Crippen LogP contribution in [0.1, 0.15) is 49.1 Å². The Morgan fingerprint density at radius 1 is 1.43 bits per heavy atom. The summed E-state index contributed by atoms with van der Waals surface area (Å²) in [6, 6.07) is 1.87. The van der Waals surface area contributed by atoms with Crippen molar-refractivity contribution in [2.75, 3.05) is 20.1 Å². The van der Waals surface area contributed by atoms with Gasteiger partial charge in [-0.2, -0.15) is 0 Å². The Morgan fingerprint density at radius 2 is 2.09 bits per heavy atom. The molecule has 2 amide bonds. The summed E-state index contributed by atoms with van der Waals surface area (Å²) >= 11 is 0. The molecule has 23 heavy (non-hydrogen) atoms. The van der Waals surface area contributed by atoms with E-state index in [0.29, 0.717) is 24.4 Å². The molecule has 2 rings (SSSR count). The first kappa shape index (κ1) is 17.3. The number of rotatable bonds is 3. The first-order valence-corrected chi connectivity index (χ1v) is 7.94. The number of amides is 2. The van der Waals surface area contributed by atoms with Crippen LogP contribution >= 0.6 is 0 Å². The van der Waals surface area contributed by atoms with Gasteiger partial charge in [-0.3, -0.25) is 9.59 Å². The van der Waals surface area contributed by atoms with E-state index in [0.717, 1.165) is 12.2 Å². The van der Waals surface area contributed by atoms with Crippen molar-refractivity contribution >= 4 is 11.8 Å². The molecule has 0 spiro atoms. The molecule has 1 aliphatic heterocycles. The van der Waals surface area contributed by atoms with Gasteiger partial charge in [-0.15, -0.1) is 0 Å². The molecule has 1 aromatic rings. The first-order valence-electron chi connectivity index (χ1n) is 7.94. The molecule has 1 aromatic heterocycles. The van der Waals surface area contributed by atoms with E-state index in [2.05, 4.69) is 27.4 Å². The van der Waals surface area contributed by atoms with Crippen LogP contribution in [0.15, 0.2) is 23.1 Å². The van der Waals surface area contributed by atoms with Crippen molar-refractivity contribution in [3.63, 3.8) is 0 Å². The average molecular weight is 318 g/mol. The maximum absolute atomic E-state index is 12.8. The number of hydrogen-bond acceptors (Lipinski definition) is 3. The number of furan rings is 1. The highest BCUT2D eigenvalue weighted by Crippen LogP contribution is 2.28. The number of carbonyl (C=O) groups excluding carboxylic acids is 2. The minimum Gasteiger partial charge on any atom is -0.465 e. The monoisotopic (exact) mass is 318 g/mol. The highest BCUT2D eigenvalue weighted by atomic mass is 16.3. The zero-order valence-electron chi connectivity index (χ0n) is 14.7. The summed E-state index contributed by atoms with van der Waals surface area (Å²) in [4.78, 5) is 27.9. The quantitative estimate of drug-likeness (QED) is 0.805. The SMILES string of the molecule is C=CC(=O)N1CC[C@H](N(C)C(=O)c2cc(C(C)(C)C)oc2C)C1. The van der Waals surface area contributed by atoms with Crippen LogP contribution in [0, 0.1) is 6.92 Å². The molecule has 0 bridgehead atoms. The van der Waals surface area contributed by atoms with E-state index in [-0.39, 0.29) is 23.3 Å².